The zero-order valence-electron chi connectivity index (χ0n) is 10.6. The van der Waals surface area contributed by atoms with Crippen LogP contribution in [0.3, 0.4) is 0 Å². The van der Waals surface area contributed by atoms with Crippen LogP contribution in [0.15, 0.2) is 12.2 Å². The molecule has 5 atom stereocenters. The van der Waals surface area contributed by atoms with E-state index in [9.17, 15) is 0 Å². The summed E-state index contributed by atoms with van der Waals surface area (Å²) in [4.78, 5) is 0. The van der Waals surface area contributed by atoms with Crippen LogP contribution in [0.4, 0.5) is 0 Å². The molecule has 0 radical (unpaired) electrons. The van der Waals surface area contributed by atoms with Crippen LogP contribution in [0.1, 0.15) is 52.9 Å². The van der Waals surface area contributed by atoms with E-state index < -0.39 is 0 Å². The highest BCUT2D eigenvalue weighted by atomic mass is 14.5. The molecular formula is C15H26. The van der Waals surface area contributed by atoms with Crippen molar-refractivity contribution in [2.75, 3.05) is 0 Å². The van der Waals surface area contributed by atoms with Crippen molar-refractivity contribution < 1.29 is 0 Å². The van der Waals surface area contributed by atoms with Gasteiger partial charge in [-0.2, -0.15) is 0 Å². The van der Waals surface area contributed by atoms with Crippen LogP contribution in [0.5, 0.6) is 0 Å². The van der Waals surface area contributed by atoms with Crippen molar-refractivity contribution in [2.45, 2.75) is 52.9 Å². The lowest BCUT2D eigenvalue weighted by molar-refractivity contribution is 0.182. The van der Waals surface area contributed by atoms with Crippen molar-refractivity contribution in [3.05, 3.63) is 12.2 Å². The first-order valence-corrected chi connectivity index (χ1v) is 6.89. The highest BCUT2D eigenvalue weighted by molar-refractivity contribution is 4.98. The van der Waals surface area contributed by atoms with Crippen molar-refractivity contribution >= 4 is 0 Å². The van der Waals surface area contributed by atoms with Gasteiger partial charge in [0.05, 0.1) is 0 Å². The maximum Gasteiger partial charge on any atom is -0.0348 e. The van der Waals surface area contributed by atoms with Crippen LogP contribution in [0, 0.1) is 29.6 Å². The Morgan fingerprint density at radius 1 is 1.07 bits per heavy atom. The van der Waals surface area contributed by atoms with Gasteiger partial charge in [-0.1, -0.05) is 32.9 Å². The van der Waals surface area contributed by atoms with Gasteiger partial charge in [0.25, 0.3) is 0 Å². The van der Waals surface area contributed by atoms with Crippen molar-refractivity contribution in [1.82, 2.24) is 0 Å². The Balaban J connectivity index is 1.80. The van der Waals surface area contributed by atoms with E-state index >= 15 is 0 Å². The molecule has 0 heterocycles. The third-order valence-electron chi connectivity index (χ3n) is 5.14. The highest BCUT2D eigenvalue weighted by Crippen LogP contribution is 2.56. The molecule has 2 aliphatic carbocycles. The molecule has 5 unspecified atom stereocenters. The number of rotatable bonds is 4. The summed E-state index contributed by atoms with van der Waals surface area (Å²) in [5.41, 5.74) is 0. The fourth-order valence-corrected chi connectivity index (χ4v) is 4.02. The average molecular weight is 206 g/mol. The second-order valence-corrected chi connectivity index (χ2v) is 5.83. The van der Waals surface area contributed by atoms with E-state index in [1.165, 1.54) is 25.7 Å². The Bertz CT molecular complexity index is 226. The molecule has 0 aliphatic heterocycles. The summed E-state index contributed by atoms with van der Waals surface area (Å²) in [6.45, 7) is 7.18. The normalized spacial score (nSPS) is 44.3. The van der Waals surface area contributed by atoms with Crippen LogP contribution in [0.25, 0.3) is 0 Å². The van der Waals surface area contributed by atoms with Gasteiger partial charge in [0.15, 0.2) is 0 Å². The lowest BCUT2D eigenvalue weighted by atomic mass is 9.74. The Morgan fingerprint density at radius 3 is 2.47 bits per heavy atom. The topological polar surface area (TPSA) is 0 Å². The zero-order valence-corrected chi connectivity index (χ0v) is 10.6. The highest BCUT2D eigenvalue weighted by Gasteiger charge is 2.47. The number of hydrogen-bond donors (Lipinski definition) is 0. The molecule has 0 spiro atoms. The summed E-state index contributed by atoms with van der Waals surface area (Å²) >= 11 is 0. The molecule has 0 nitrogen and oxygen atoms in total. The van der Waals surface area contributed by atoms with Gasteiger partial charge >= 0.3 is 0 Å². The van der Waals surface area contributed by atoms with E-state index in [0.717, 1.165) is 29.6 Å². The molecule has 0 aromatic carbocycles. The van der Waals surface area contributed by atoms with E-state index in [1.807, 2.05) is 0 Å². The molecule has 2 saturated carbocycles. The Labute approximate surface area is 95.1 Å². The van der Waals surface area contributed by atoms with E-state index in [2.05, 4.69) is 32.9 Å². The fraction of sp³-hybridized carbons (Fsp3) is 0.867. The third kappa shape index (κ3) is 2.14. The molecule has 0 amide bonds. The molecule has 2 fully saturated rings. The molecule has 2 aliphatic rings. The molecule has 0 saturated heterocycles. The van der Waals surface area contributed by atoms with Gasteiger partial charge in [-0.05, 0) is 61.7 Å². The SMILES string of the molecule is CC/C=C/CCC1CC2CC1C(C)C2C. The van der Waals surface area contributed by atoms with Crippen LogP contribution in [-0.4, -0.2) is 0 Å². The second kappa shape index (κ2) is 4.72. The number of fused-ring (bicyclic) bond motifs is 2. The molecular weight excluding hydrogens is 180 g/mol. The maximum atomic E-state index is 2.49. The molecule has 15 heavy (non-hydrogen) atoms. The summed E-state index contributed by atoms with van der Waals surface area (Å²) in [6.07, 6.45) is 11.8. The lowest BCUT2D eigenvalue weighted by Crippen LogP contribution is -2.24. The van der Waals surface area contributed by atoms with Gasteiger partial charge < -0.3 is 0 Å². The summed E-state index contributed by atoms with van der Waals surface area (Å²) in [5.74, 6) is 5.22. The van der Waals surface area contributed by atoms with E-state index in [4.69, 9.17) is 0 Å². The molecule has 2 bridgehead atoms. The Morgan fingerprint density at radius 2 is 1.87 bits per heavy atom. The van der Waals surface area contributed by atoms with Crippen LogP contribution in [0.2, 0.25) is 0 Å². The van der Waals surface area contributed by atoms with Gasteiger partial charge in [-0.3, -0.25) is 0 Å². The fourth-order valence-electron chi connectivity index (χ4n) is 4.02. The first-order chi connectivity index (χ1) is 7.24. The summed E-state index contributed by atoms with van der Waals surface area (Å²) < 4.78 is 0. The standard InChI is InChI=1S/C15H26/c1-4-5-6-7-8-13-9-14-10-15(13)12(3)11(14)2/h5-6,11-15H,4,7-10H2,1-3H3/b6-5+. The summed E-state index contributed by atoms with van der Waals surface area (Å²) in [6, 6.07) is 0. The van der Waals surface area contributed by atoms with Crippen LogP contribution < -0.4 is 0 Å². The second-order valence-electron chi connectivity index (χ2n) is 5.83. The Hall–Kier alpha value is -0.260. The smallest absolute Gasteiger partial charge is 0.0348 e. The van der Waals surface area contributed by atoms with Crippen LogP contribution >= 0.6 is 0 Å². The minimum Gasteiger partial charge on any atom is -0.0888 e. The minimum atomic E-state index is 1.00. The van der Waals surface area contributed by atoms with Crippen molar-refractivity contribution in [3.8, 4) is 0 Å². The van der Waals surface area contributed by atoms with Crippen molar-refractivity contribution in [2.24, 2.45) is 29.6 Å². The van der Waals surface area contributed by atoms with Gasteiger partial charge in [0.2, 0.25) is 0 Å². The van der Waals surface area contributed by atoms with E-state index in [0.29, 0.717) is 0 Å². The predicted octanol–water partition coefficient (Wildman–Crippen LogP) is 4.66. The minimum absolute atomic E-state index is 1.00. The largest absolute Gasteiger partial charge is 0.0888 e. The third-order valence-corrected chi connectivity index (χ3v) is 5.14. The van der Waals surface area contributed by atoms with Gasteiger partial charge in [0.1, 0.15) is 0 Å². The van der Waals surface area contributed by atoms with Crippen molar-refractivity contribution in [1.29, 1.82) is 0 Å². The van der Waals surface area contributed by atoms with Gasteiger partial charge in [-0.25, -0.2) is 0 Å². The first-order valence-electron chi connectivity index (χ1n) is 6.89. The van der Waals surface area contributed by atoms with Crippen molar-refractivity contribution in [3.63, 3.8) is 0 Å². The molecule has 2 rings (SSSR count). The summed E-state index contributed by atoms with van der Waals surface area (Å²) in [7, 11) is 0. The zero-order chi connectivity index (χ0) is 10.8. The lowest BCUT2D eigenvalue weighted by Gasteiger charge is -2.31. The van der Waals surface area contributed by atoms with E-state index in [-0.39, 0.29) is 0 Å². The Kier molecular flexibility index (Phi) is 3.53. The number of allylic oxidation sites excluding steroid dienone is 2. The monoisotopic (exact) mass is 206 g/mol. The van der Waals surface area contributed by atoms with Gasteiger partial charge in [0, 0.05) is 0 Å². The molecule has 0 heteroatoms. The predicted molar refractivity (Wildman–Crippen MR) is 66.7 cm³/mol. The maximum absolute atomic E-state index is 2.49. The van der Waals surface area contributed by atoms with Gasteiger partial charge in [-0.15, -0.1) is 0 Å². The van der Waals surface area contributed by atoms with E-state index in [1.54, 1.807) is 6.42 Å². The first kappa shape index (κ1) is 11.2. The number of hydrogen-bond acceptors (Lipinski definition) is 0. The molecule has 0 aromatic heterocycles. The summed E-state index contributed by atoms with van der Waals surface area (Å²) in [5, 5.41) is 0. The molecule has 0 aromatic rings. The molecule has 0 N–H and O–H groups in total. The quantitative estimate of drug-likeness (QED) is 0.587. The molecule has 86 valence electrons. The average Bonchev–Trinajstić information content (AvgIpc) is 2.75. The van der Waals surface area contributed by atoms with Crippen LogP contribution in [-0.2, 0) is 0 Å².